The van der Waals surface area contributed by atoms with Crippen LogP contribution in [0.5, 0.6) is 11.5 Å². The van der Waals surface area contributed by atoms with Crippen LogP contribution in [0.4, 0.5) is 0 Å². The molecule has 134 valence electrons. The van der Waals surface area contributed by atoms with E-state index in [2.05, 4.69) is 0 Å². The third-order valence-electron chi connectivity index (χ3n) is 4.65. The number of ether oxygens (including phenoxy) is 2. The van der Waals surface area contributed by atoms with E-state index >= 15 is 0 Å². The summed E-state index contributed by atoms with van der Waals surface area (Å²) in [6.07, 6.45) is 1.80. The Morgan fingerprint density at radius 3 is 1.77 bits per heavy atom. The average molecular weight is 352 g/mol. The second-order valence-corrected chi connectivity index (χ2v) is 6.74. The summed E-state index contributed by atoms with van der Waals surface area (Å²) in [5.74, 6) is 0.810. The molecule has 2 unspecified atom stereocenters. The van der Waals surface area contributed by atoms with Gasteiger partial charge in [0.1, 0.15) is 17.3 Å². The van der Waals surface area contributed by atoms with E-state index in [1.54, 1.807) is 36.4 Å². The van der Waals surface area contributed by atoms with Crippen LogP contribution in [-0.4, -0.2) is 28.4 Å². The van der Waals surface area contributed by atoms with Crippen molar-refractivity contribution in [3.63, 3.8) is 0 Å². The molecule has 1 aliphatic heterocycles. The number of allylic oxidation sites excluding steroid dienone is 1. The van der Waals surface area contributed by atoms with E-state index in [0.29, 0.717) is 12.8 Å². The maximum absolute atomic E-state index is 12.4. The maximum atomic E-state index is 12.4. The zero-order valence-electron chi connectivity index (χ0n) is 14.2. The molecule has 5 heteroatoms. The molecule has 0 spiro atoms. The molecular formula is C21H20O5. The van der Waals surface area contributed by atoms with Crippen LogP contribution in [0.3, 0.4) is 0 Å². The van der Waals surface area contributed by atoms with Gasteiger partial charge in [-0.3, -0.25) is 0 Å². The molecule has 0 radical (unpaired) electrons. The summed E-state index contributed by atoms with van der Waals surface area (Å²) in [5, 5.41) is 18.8. The number of carbonyl (C=O) groups is 1. The first-order valence-electron chi connectivity index (χ1n) is 8.73. The Morgan fingerprint density at radius 1 is 0.769 bits per heavy atom. The van der Waals surface area contributed by atoms with Gasteiger partial charge in [0.15, 0.2) is 12.2 Å². The monoisotopic (exact) mass is 352 g/mol. The lowest BCUT2D eigenvalue weighted by Gasteiger charge is -2.32. The van der Waals surface area contributed by atoms with Crippen LogP contribution < -0.4 is 0 Å². The highest BCUT2D eigenvalue weighted by Gasteiger charge is 2.39. The Morgan fingerprint density at radius 2 is 1.27 bits per heavy atom. The highest BCUT2D eigenvalue weighted by atomic mass is 16.6. The minimum atomic E-state index is -0.668. The van der Waals surface area contributed by atoms with Gasteiger partial charge in [0.2, 0.25) is 0 Å². The second kappa shape index (κ2) is 6.75. The lowest BCUT2D eigenvalue weighted by Crippen LogP contribution is -2.41. The van der Waals surface area contributed by atoms with Gasteiger partial charge in [-0.05, 0) is 53.8 Å². The summed E-state index contributed by atoms with van der Waals surface area (Å²) in [6, 6.07) is 13.6. The van der Waals surface area contributed by atoms with Crippen LogP contribution in [-0.2, 0) is 27.1 Å². The molecule has 1 aliphatic carbocycles. The van der Waals surface area contributed by atoms with Crippen LogP contribution in [0.25, 0.3) is 0 Å². The van der Waals surface area contributed by atoms with E-state index < -0.39 is 12.2 Å². The summed E-state index contributed by atoms with van der Waals surface area (Å²) in [6.45, 7) is 0. The van der Waals surface area contributed by atoms with Crippen LogP contribution in [0.15, 0.2) is 59.9 Å². The van der Waals surface area contributed by atoms with Crippen LogP contribution in [0.1, 0.15) is 24.0 Å². The van der Waals surface area contributed by atoms with Gasteiger partial charge < -0.3 is 19.7 Å². The predicted molar refractivity (Wildman–Crippen MR) is 94.6 cm³/mol. The van der Waals surface area contributed by atoms with Gasteiger partial charge >= 0.3 is 5.97 Å². The minimum absolute atomic E-state index is 0.190. The van der Waals surface area contributed by atoms with Crippen LogP contribution >= 0.6 is 0 Å². The molecule has 2 aliphatic rings. The number of carbonyl (C=O) groups excluding carboxylic acids is 1. The number of esters is 1. The molecule has 2 atom stereocenters. The van der Waals surface area contributed by atoms with E-state index in [4.69, 9.17) is 9.47 Å². The SMILES string of the molecule is O=C1OC(Cc2ccc(O)cc2)C(=C2CC2)OC1Cc1ccc(O)cc1. The standard InChI is InChI=1S/C21H20O5/c22-16-7-1-13(2-8-16)11-18-20(15-5-6-15)25-19(21(24)26-18)12-14-3-9-17(23)10-4-14/h1-4,7-10,18-19,22-23H,5-6,11-12H2. The van der Waals surface area contributed by atoms with Crippen molar-refractivity contribution in [3.05, 3.63) is 71.0 Å². The number of cyclic esters (lactones) is 1. The van der Waals surface area contributed by atoms with E-state index in [9.17, 15) is 15.0 Å². The molecule has 2 aromatic carbocycles. The lowest BCUT2D eigenvalue weighted by atomic mass is 10.0. The Balaban J connectivity index is 1.49. The Bertz CT molecular complexity index is 830. The molecule has 0 amide bonds. The van der Waals surface area contributed by atoms with Crippen molar-refractivity contribution >= 4 is 5.97 Å². The molecule has 2 fully saturated rings. The average Bonchev–Trinajstić information content (AvgIpc) is 3.46. The summed E-state index contributed by atoms with van der Waals surface area (Å²) >= 11 is 0. The third kappa shape index (κ3) is 3.67. The predicted octanol–water partition coefficient (Wildman–Crippen LogP) is 3.24. The molecular weight excluding hydrogens is 332 g/mol. The summed E-state index contributed by atoms with van der Waals surface area (Å²) in [4.78, 5) is 12.4. The fourth-order valence-corrected chi connectivity index (χ4v) is 3.12. The highest BCUT2D eigenvalue weighted by Crippen LogP contribution is 2.38. The molecule has 1 saturated heterocycles. The van der Waals surface area contributed by atoms with Crippen molar-refractivity contribution in [3.8, 4) is 11.5 Å². The highest BCUT2D eigenvalue weighted by molar-refractivity contribution is 5.77. The van der Waals surface area contributed by atoms with E-state index in [1.807, 2.05) is 12.1 Å². The zero-order chi connectivity index (χ0) is 18.1. The number of hydrogen-bond donors (Lipinski definition) is 2. The number of hydrogen-bond acceptors (Lipinski definition) is 5. The fourth-order valence-electron chi connectivity index (χ4n) is 3.12. The van der Waals surface area contributed by atoms with Crippen molar-refractivity contribution in [2.24, 2.45) is 0 Å². The van der Waals surface area contributed by atoms with Crippen LogP contribution in [0.2, 0.25) is 0 Å². The van der Waals surface area contributed by atoms with Crippen molar-refractivity contribution in [2.75, 3.05) is 0 Å². The summed E-state index contributed by atoms with van der Waals surface area (Å²) in [5.41, 5.74) is 3.08. The number of rotatable bonds is 4. The van der Waals surface area contributed by atoms with Gasteiger partial charge in [0.05, 0.1) is 0 Å². The molecule has 0 aromatic heterocycles. The Labute approximate surface area is 151 Å². The minimum Gasteiger partial charge on any atom is -0.508 e. The molecule has 1 heterocycles. The summed E-state index contributed by atoms with van der Waals surface area (Å²) in [7, 11) is 0. The van der Waals surface area contributed by atoms with Gasteiger partial charge in [0, 0.05) is 12.8 Å². The van der Waals surface area contributed by atoms with Crippen molar-refractivity contribution < 1.29 is 24.5 Å². The molecule has 2 aromatic rings. The van der Waals surface area contributed by atoms with Gasteiger partial charge in [-0.1, -0.05) is 24.3 Å². The molecule has 5 nitrogen and oxygen atoms in total. The number of aromatic hydroxyl groups is 2. The second-order valence-electron chi connectivity index (χ2n) is 6.74. The molecule has 26 heavy (non-hydrogen) atoms. The molecule has 2 N–H and O–H groups in total. The quantitative estimate of drug-likeness (QED) is 0.826. The summed E-state index contributed by atoms with van der Waals surface area (Å²) < 4.78 is 11.8. The first-order valence-corrected chi connectivity index (χ1v) is 8.73. The lowest BCUT2D eigenvalue weighted by molar-refractivity contribution is -0.172. The van der Waals surface area contributed by atoms with Crippen LogP contribution in [0, 0.1) is 0 Å². The number of benzene rings is 2. The maximum Gasteiger partial charge on any atom is 0.348 e. The van der Waals surface area contributed by atoms with Gasteiger partial charge in [0.25, 0.3) is 0 Å². The van der Waals surface area contributed by atoms with E-state index in [0.717, 1.165) is 29.7 Å². The molecule has 1 saturated carbocycles. The third-order valence-corrected chi connectivity index (χ3v) is 4.65. The van der Waals surface area contributed by atoms with Gasteiger partial charge in [-0.2, -0.15) is 0 Å². The Kier molecular flexibility index (Phi) is 4.29. The van der Waals surface area contributed by atoms with Crippen molar-refractivity contribution in [1.82, 2.24) is 0 Å². The van der Waals surface area contributed by atoms with E-state index in [-0.39, 0.29) is 17.5 Å². The number of phenols is 2. The first kappa shape index (κ1) is 16.5. The largest absolute Gasteiger partial charge is 0.508 e. The van der Waals surface area contributed by atoms with Crippen molar-refractivity contribution in [2.45, 2.75) is 37.9 Å². The smallest absolute Gasteiger partial charge is 0.348 e. The van der Waals surface area contributed by atoms with Gasteiger partial charge in [-0.15, -0.1) is 0 Å². The fraction of sp³-hybridized carbons (Fsp3) is 0.286. The molecule has 4 rings (SSSR count). The van der Waals surface area contributed by atoms with E-state index in [1.165, 1.54) is 5.57 Å². The topological polar surface area (TPSA) is 76.0 Å². The number of phenolic OH excluding ortho intramolecular Hbond substituents is 2. The Hall–Kier alpha value is -2.95. The first-order chi connectivity index (χ1) is 12.6. The zero-order valence-corrected chi connectivity index (χ0v) is 14.2. The van der Waals surface area contributed by atoms with Crippen molar-refractivity contribution in [1.29, 1.82) is 0 Å². The molecule has 0 bridgehead atoms. The normalized spacial score (nSPS) is 21.9. The van der Waals surface area contributed by atoms with Gasteiger partial charge in [-0.25, -0.2) is 4.79 Å².